The van der Waals surface area contributed by atoms with Gasteiger partial charge in [0.1, 0.15) is 11.6 Å². The Hall–Kier alpha value is -1.26. The van der Waals surface area contributed by atoms with Gasteiger partial charge in [-0.05, 0) is 51.8 Å². The van der Waals surface area contributed by atoms with Crippen LogP contribution in [0.4, 0.5) is 8.78 Å². The van der Waals surface area contributed by atoms with Crippen molar-refractivity contribution in [2.45, 2.75) is 6.42 Å². The molecular formula is C14H8BrClF2O. The summed E-state index contributed by atoms with van der Waals surface area (Å²) in [4.78, 5) is 12.1. The summed E-state index contributed by atoms with van der Waals surface area (Å²) in [6.45, 7) is 0. The van der Waals surface area contributed by atoms with Crippen molar-refractivity contribution in [2.24, 2.45) is 0 Å². The Morgan fingerprint density at radius 1 is 1.16 bits per heavy atom. The van der Waals surface area contributed by atoms with E-state index < -0.39 is 11.6 Å². The van der Waals surface area contributed by atoms with Crippen molar-refractivity contribution < 1.29 is 13.6 Å². The Morgan fingerprint density at radius 2 is 1.89 bits per heavy atom. The lowest BCUT2D eigenvalue weighted by molar-refractivity contribution is 0.0992. The lowest BCUT2D eigenvalue weighted by Gasteiger charge is -2.05. The molecule has 0 saturated carbocycles. The van der Waals surface area contributed by atoms with Crippen LogP contribution >= 0.6 is 27.5 Å². The largest absolute Gasteiger partial charge is 0.294 e. The third-order valence-electron chi connectivity index (χ3n) is 2.58. The highest BCUT2D eigenvalue weighted by molar-refractivity contribution is 9.10. The van der Waals surface area contributed by atoms with Crippen molar-refractivity contribution in [2.75, 3.05) is 0 Å². The van der Waals surface area contributed by atoms with Crippen molar-refractivity contribution in [3.05, 3.63) is 68.7 Å². The van der Waals surface area contributed by atoms with Crippen molar-refractivity contribution in [1.82, 2.24) is 0 Å². The smallest absolute Gasteiger partial charge is 0.168 e. The molecular weight excluding hydrogens is 338 g/mol. The molecule has 0 radical (unpaired) electrons. The second-order valence-electron chi connectivity index (χ2n) is 3.97. The van der Waals surface area contributed by atoms with Gasteiger partial charge in [-0.1, -0.05) is 17.7 Å². The van der Waals surface area contributed by atoms with E-state index in [-0.39, 0.29) is 17.2 Å². The predicted molar refractivity (Wildman–Crippen MR) is 73.5 cm³/mol. The normalized spacial score (nSPS) is 10.5. The summed E-state index contributed by atoms with van der Waals surface area (Å²) < 4.78 is 26.3. The summed E-state index contributed by atoms with van der Waals surface area (Å²) in [5.74, 6) is -1.15. The molecule has 0 aliphatic rings. The summed E-state index contributed by atoms with van der Waals surface area (Å²) in [5, 5.41) is -0.0246. The van der Waals surface area contributed by atoms with Crippen LogP contribution in [0, 0.1) is 11.6 Å². The summed E-state index contributed by atoms with van der Waals surface area (Å²) >= 11 is 8.79. The minimum absolute atomic E-state index is 0.0246. The number of hydrogen-bond acceptors (Lipinski definition) is 1. The molecule has 0 aromatic heterocycles. The third kappa shape index (κ3) is 3.39. The van der Waals surface area contributed by atoms with Crippen LogP contribution < -0.4 is 0 Å². The zero-order valence-electron chi connectivity index (χ0n) is 9.59. The average molecular weight is 346 g/mol. The molecule has 19 heavy (non-hydrogen) atoms. The molecule has 0 fully saturated rings. The fourth-order valence-electron chi connectivity index (χ4n) is 1.65. The molecule has 0 heterocycles. The number of carbonyl (C=O) groups excluding carboxylic acids is 1. The molecule has 0 spiro atoms. The summed E-state index contributed by atoms with van der Waals surface area (Å²) in [6.07, 6.45) is 0.0736. The number of ketones is 1. The molecule has 0 N–H and O–H groups in total. The number of Topliss-reactive ketones (excluding diaryl/α,β-unsaturated/α-hetero) is 1. The fourth-order valence-corrected chi connectivity index (χ4v) is 2.42. The van der Waals surface area contributed by atoms with Crippen LogP contribution in [0.3, 0.4) is 0 Å². The molecule has 0 amide bonds. The highest BCUT2D eigenvalue weighted by Crippen LogP contribution is 2.21. The van der Waals surface area contributed by atoms with Gasteiger partial charge in [-0.2, -0.15) is 0 Å². The Bertz CT molecular complexity index is 643. The molecule has 0 unspecified atom stereocenters. The first-order chi connectivity index (χ1) is 8.97. The molecule has 98 valence electrons. The standard InChI is InChI=1S/C14H8BrClF2O/c15-11-7-9(17)2-3-10(11)14(19)6-8-1-4-13(18)12(16)5-8/h1-5,7H,6H2. The van der Waals surface area contributed by atoms with Crippen LogP contribution in [0.5, 0.6) is 0 Å². The molecule has 1 nitrogen and oxygen atoms in total. The molecule has 2 rings (SSSR count). The van der Waals surface area contributed by atoms with Gasteiger partial charge in [0.15, 0.2) is 5.78 Å². The van der Waals surface area contributed by atoms with Crippen LogP contribution in [0.15, 0.2) is 40.9 Å². The quantitative estimate of drug-likeness (QED) is 0.730. The van der Waals surface area contributed by atoms with Crippen LogP contribution in [0.1, 0.15) is 15.9 Å². The third-order valence-corrected chi connectivity index (χ3v) is 3.53. The van der Waals surface area contributed by atoms with E-state index in [0.717, 1.165) is 0 Å². The lowest BCUT2D eigenvalue weighted by atomic mass is 10.0. The summed E-state index contributed by atoms with van der Waals surface area (Å²) in [7, 11) is 0. The highest BCUT2D eigenvalue weighted by Gasteiger charge is 2.12. The number of hydrogen-bond donors (Lipinski definition) is 0. The van der Waals surface area contributed by atoms with Crippen molar-refractivity contribution in [3.8, 4) is 0 Å². The number of benzene rings is 2. The monoisotopic (exact) mass is 344 g/mol. The van der Waals surface area contributed by atoms with Crippen LogP contribution in [-0.2, 0) is 6.42 Å². The van der Waals surface area contributed by atoms with Gasteiger partial charge in [0, 0.05) is 16.5 Å². The first-order valence-corrected chi connectivity index (χ1v) is 6.56. The molecule has 0 aliphatic heterocycles. The Kier molecular flexibility index (Phi) is 4.32. The summed E-state index contributed by atoms with van der Waals surface area (Å²) in [5.41, 5.74) is 0.981. The SMILES string of the molecule is O=C(Cc1ccc(F)c(Cl)c1)c1ccc(F)cc1Br. The molecule has 5 heteroatoms. The van der Waals surface area contributed by atoms with Gasteiger partial charge in [0.05, 0.1) is 5.02 Å². The Labute approximate surface area is 122 Å². The van der Waals surface area contributed by atoms with E-state index in [2.05, 4.69) is 15.9 Å². The molecule has 0 aliphatic carbocycles. The summed E-state index contributed by atoms with van der Waals surface area (Å²) in [6, 6.07) is 7.97. The van der Waals surface area contributed by atoms with Gasteiger partial charge in [-0.15, -0.1) is 0 Å². The second kappa shape index (κ2) is 5.80. The van der Waals surface area contributed by atoms with Crippen molar-refractivity contribution in [3.63, 3.8) is 0 Å². The maximum absolute atomic E-state index is 13.0. The van der Waals surface area contributed by atoms with Crippen molar-refractivity contribution >= 4 is 33.3 Å². The molecule has 0 atom stereocenters. The van der Waals surface area contributed by atoms with E-state index in [9.17, 15) is 13.6 Å². The van der Waals surface area contributed by atoms with E-state index in [1.165, 1.54) is 36.4 Å². The number of carbonyl (C=O) groups is 1. The maximum atomic E-state index is 13.0. The second-order valence-corrected chi connectivity index (χ2v) is 5.23. The van der Waals surface area contributed by atoms with Crippen molar-refractivity contribution in [1.29, 1.82) is 0 Å². The number of rotatable bonds is 3. The zero-order chi connectivity index (χ0) is 14.0. The minimum Gasteiger partial charge on any atom is -0.294 e. The average Bonchev–Trinajstić information content (AvgIpc) is 2.33. The topological polar surface area (TPSA) is 17.1 Å². The maximum Gasteiger partial charge on any atom is 0.168 e. The van der Waals surface area contributed by atoms with Gasteiger partial charge in [0.2, 0.25) is 0 Å². The Balaban J connectivity index is 2.23. The fraction of sp³-hybridized carbons (Fsp3) is 0.0714. The van der Waals surface area contributed by atoms with Gasteiger partial charge < -0.3 is 0 Å². The van der Waals surface area contributed by atoms with Gasteiger partial charge in [-0.25, -0.2) is 8.78 Å². The van der Waals surface area contributed by atoms with E-state index >= 15 is 0 Å². The van der Waals surface area contributed by atoms with E-state index in [0.29, 0.717) is 15.6 Å². The van der Waals surface area contributed by atoms with Crippen LogP contribution in [-0.4, -0.2) is 5.78 Å². The molecule has 2 aromatic carbocycles. The Morgan fingerprint density at radius 3 is 2.53 bits per heavy atom. The molecule has 0 bridgehead atoms. The van der Waals surface area contributed by atoms with Gasteiger partial charge in [0.25, 0.3) is 0 Å². The predicted octanol–water partition coefficient (Wildman–Crippen LogP) is 4.81. The highest BCUT2D eigenvalue weighted by atomic mass is 79.9. The van der Waals surface area contributed by atoms with E-state index in [1.807, 2.05) is 0 Å². The zero-order valence-corrected chi connectivity index (χ0v) is 11.9. The van der Waals surface area contributed by atoms with E-state index in [4.69, 9.17) is 11.6 Å². The van der Waals surface area contributed by atoms with Gasteiger partial charge in [-0.3, -0.25) is 4.79 Å². The molecule has 2 aromatic rings. The van der Waals surface area contributed by atoms with Gasteiger partial charge >= 0.3 is 0 Å². The van der Waals surface area contributed by atoms with E-state index in [1.54, 1.807) is 0 Å². The first kappa shape index (κ1) is 14.2. The molecule has 0 saturated heterocycles. The lowest BCUT2D eigenvalue weighted by Crippen LogP contribution is -2.05. The van der Waals surface area contributed by atoms with Crippen LogP contribution in [0.2, 0.25) is 5.02 Å². The minimum atomic E-state index is -0.527. The van der Waals surface area contributed by atoms with Crippen LogP contribution in [0.25, 0.3) is 0 Å². The first-order valence-electron chi connectivity index (χ1n) is 5.39. The number of halogens is 4.